The molecule has 8 nitrogen and oxygen atoms in total. The highest BCUT2D eigenvalue weighted by molar-refractivity contribution is 5.75. The minimum atomic E-state index is -0.256. The van der Waals surface area contributed by atoms with Crippen LogP contribution in [-0.2, 0) is 18.3 Å². The Morgan fingerprint density at radius 1 is 1.30 bits per heavy atom. The van der Waals surface area contributed by atoms with Gasteiger partial charge in [-0.25, -0.2) is 9.78 Å². The molecule has 0 saturated carbocycles. The zero-order valence-corrected chi connectivity index (χ0v) is 15.5. The monoisotopic (exact) mass is 369 g/mol. The van der Waals surface area contributed by atoms with Crippen LogP contribution in [0.5, 0.6) is 0 Å². The smallest absolute Gasteiger partial charge is 0.329 e. The van der Waals surface area contributed by atoms with E-state index in [9.17, 15) is 9.59 Å². The Morgan fingerprint density at radius 2 is 2.07 bits per heavy atom. The fourth-order valence-electron chi connectivity index (χ4n) is 3.60. The maximum atomic E-state index is 12.6. The molecule has 2 N–H and O–H groups in total. The number of para-hydroxylation sites is 2. The van der Waals surface area contributed by atoms with Crippen molar-refractivity contribution in [1.82, 2.24) is 19.1 Å². The van der Waals surface area contributed by atoms with E-state index < -0.39 is 0 Å². The molecule has 3 heterocycles. The lowest BCUT2D eigenvalue weighted by Crippen LogP contribution is -2.33. The molecular formula is C19H23N5O3. The number of imidazole rings is 1. The summed E-state index contributed by atoms with van der Waals surface area (Å²) < 4.78 is 8.98. The van der Waals surface area contributed by atoms with E-state index in [4.69, 9.17) is 4.74 Å². The summed E-state index contributed by atoms with van der Waals surface area (Å²) in [6, 6.07) is 8.99. The van der Waals surface area contributed by atoms with Crippen LogP contribution in [0.2, 0.25) is 0 Å². The van der Waals surface area contributed by atoms with Gasteiger partial charge >= 0.3 is 5.69 Å². The van der Waals surface area contributed by atoms with Crippen molar-refractivity contribution in [2.75, 3.05) is 18.5 Å². The average Bonchev–Trinajstić information content (AvgIpc) is 3.18. The second-order valence-electron chi connectivity index (χ2n) is 7.26. The molecule has 0 radical (unpaired) electrons. The molecule has 27 heavy (non-hydrogen) atoms. The minimum Gasteiger partial charge on any atom is -0.373 e. The van der Waals surface area contributed by atoms with Crippen molar-refractivity contribution >= 4 is 17.0 Å². The third kappa shape index (κ3) is 3.40. The van der Waals surface area contributed by atoms with Gasteiger partial charge in [-0.3, -0.25) is 18.9 Å². The lowest BCUT2D eigenvalue weighted by Gasteiger charge is -2.23. The van der Waals surface area contributed by atoms with E-state index in [1.165, 1.54) is 6.07 Å². The van der Waals surface area contributed by atoms with E-state index in [-0.39, 0.29) is 23.4 Å². The van der Waals surface area contributed by atoms with Crippen LogP contribution in [0.3, 0.4) is 0 Å². The number of aromatic nitrogens is 4. The van der Waals surface area contributed by atoms with Gasteiger partial charge in [0.25, 0.3) is 5.56 Å². The van der Waals surface area contributed by atoms with Crippen molar-refractivity contribution in [3.05, 3.63) is 56.9 Å². The molecule has 1 saturated heterocycles. The summed E-state index contributed by atoms with van der Waals surface area (Å²) in [4.78, 5) is 31.8. The Hall–Kier alpha value is -2.87. The lowest BCUT2D eigenvalue weighted by atomic mass is 10.0. The zero-order chi connectivity index (χ0) is 19.0. The molecule has 2 aromatic heterocycles. The van der Waals surface area contributed by atoms with E-state index in [1.807, 2.05) is 31.2 Å². The van der Waals surface area contributed by atoms with Gasteiger partial charge in [-0.2, -0.15) is 0 Å². The predicted octanol–water partition coefficient (Wildman–Crippen LogP) is 1.45. The second-order valence-corrected chi connectivity index (χ2v) is 7.26. The molecule has 142 valence electrons. The third-order valence-corrected chi connectivity index (χ3v) is 5.10. The number of rotatable bonds is 5. The van der Waals surface area contributed by atoms with Crippen molar-refractivity contribution in [3.8, 4) is 0 Å². The SMILES string of the molecule is Cn1c(=O)n(Cc2cc(=O)[nH]c(NCC3(C)CCCO3)n2)c2ccccc21. The van der Waals surface area contributed by atoms with E-state index in [0.717, 1.165) is 30.5 Å². The summed E-state index contributed by atoms with van der Waals surface area (Å²) in [5.41, 5.74) is 1.54. The average molecular weight is 369 g/mol. The number of hydrogen-bond acceptors (Lipinski definition) is 5. The first-order valence-corrected chi connectivity index (χ1v) is 9.08. The molecule has 1 atom stereocenters. The number of nitrogens with one attached hydrogen (secondary N) is 2. The topological polar surface area (TPSA) is 93.9 Å². The molecule has 1 aliphatic heterocycles. The molecule has 1 unspecified atom stereocenters. The lowest BCUT2D eigenvalue weighted by molar-refractivity contribution is 0.0314. The summed E-state index contributed by atoms with van der Waals surface area (Å²) in [6.45, 7) is 3.59. The Bertz CT molecular complexity index is 1090. The number of anilines is 1. The molecule has 4 rings (SSSR count). The first-order valence-electron chi connectivity index (χ1n) is 9.08. The van der Waals surface area contributed by atoms with Crippen molar-refractivity contribution in [2.24, 2.45) is 7.05 Å². The van der Waals surface area contributed by atoms with E-state index in [2.05, 4.69) is 15.3 Å². The Labute approximate surface area is 155 Å². The van der Waals surface area contributed by atoms with Crippen LogP contribution < -0.4 is 16.6 Å². The molecule has 1 aliphatic rings. The van der Waals surface area contributed by atoms with Gasteiger partial charge in [0, 0.05) is 26.3 Å². The van der Waals surface area contributed by atoms with Crippen LogP contribution >= 0.6 is 0 Å². The normalized spacial score (nSPS) is 19.6. The maximum absolute atomic E-state index is 12.6. The molecule has 1 fully saturated rings. The number of hydrogen-bond donors (Lipinski definition) is 2. The van der Waals surface area contributed by atoms with E-state index in [1.54, 1.807) is 16.2 Å². The first-order chi connectivity index (χ1) is 13.0. The van der Waals surface area contributed by atoms with Gasteiger partial charge in [0.2, 0.25) is 5.95 Å². The maximum Gasteiger partial charge on any atom is 0.329 e. The van der Waals surface area contributed by atoms with Crippen LogP contribution in [-0.4, -0.2) is 37.9 Å². The van der Waals surface area contributed by atoms with Gasteiger partial charge < -0.3 is 10.1 Å². The Balaban J connectivity index is 1.62. The van der Waals surface area contributed by atoms with Crippen LogP contribution in [0.1, 0.15) is 25.5 Å². The minimum absolute atomic E-state index is 0.139. The molecule has 0 amide bonds. The number of benzene rings is 1. The second kappa shape index (κ2) is 6.70. The highest BCUT2D eigenvalue weighted by atomic mass is 16.5. The molecule has 0 aliphatic carbocycles. The van der Waals surface area contributed by atoms with Crippen LogP contribution in [0.4, 0.5) is 5.95 Å². The standard InChI is InChI=1S/C19H23N5O3/c1-19(8-5-9-27-19)12-20-17-21-13(10-16(25)22-17)11-24-15-7-4-3-6-14(15)23(2)18(24)26/h3-4,6-7,10H,5,8-9,11-12H2,1-2H3,(H2,20,21,22,25). The number of H-pyrrole nitrogens is 1. The number of fused-ring (bicyclic) bond motifs is 1. The summed E-state index contributed by atoms with van der Waals surface area (Å²) in [6.07, 6.45) is 2.00. The molecule has 0 bridgehead atoms. The number of ether oxygens (including phenoxy) is 1. The fourth-order valence-corrected chi connectivity index (χ4v) is 3.60. The molecular weight excluding hydrogens is 346 g/mol. The van der Waals surface area contributed by atoms with Crippen LogP contribution in [0.25, 0.3) is 11.0 Å². The first kappa shape index (κ1) is 17.5. The van der Waals surface area contributed by atoms with Gasteiger partial charge in [0.15, 0.2) is 0 Å². The Morgan fingerprint density at radius 3 is 2.81 bits per heavy atom. The molecule has 8 heteroatoms. The van der Waals surface area contributed by atoms with Gasteiger partial charge in [0.1, 0.15) is 0 Å². The number of nitrogens with zero attached hydrogens (tertiary/aromatic N) is 3. The van der Waals surface area contributed by atoms with E-state index in [0.29, 0.717) is 18.2 Å². The third-order valence-electron chi connectivity index (χ3n) is 5.10. The summed E-state index contributed by atoms with van der Waals surface area (Å²) in [5, 5.41) is 3.17. The van der Waals surface area contributed by atoms with Crippen molar-refractivity contribution < 1.29 is 4.74 Å². The van der Waals surface area contributed by atoms with Gasteiger partial charge in [0.05, 0.1) is 28.9 Å². The van der Waals surface area contributed by atoms with Crippen LogP contribution in [0.15, 0.2) is 39.9 Å². The van der Waals surface area contributed by atoms with Gasteiger partial charge in [-0.15, -0.1) is 0 Å². The van der Waals surface area contributed by atoms with Gasteiger partial charge in [-0.05, 0) is 31.9 Å². The highest BCUT2D eigenvalue weighted by Gasteiger charge is 2.29. The van der Waals surface area contributed by atoms with E-state index >= 15 is 0 Å². The van der Waals surface area contributed by atoms with Crippen molar-refractivity contribution in [3.63, 3.8) is 0 Å². The van der Waals surface area contributed by atoms with Crippen LogP contribution in [0, 0.1) is 0 Å². The summed E-state index contributed by atoms with van der Waals surface area (Å²) in [5.74, 6) is 0.391. The quantitative estimate of drug-likeness (QED) is 0.710. The predicted molar refractivity (Wildman–Crippen MR) is 103 cm³/mol. The summed E-state index contributed by atoms with van der Waals surface area (Å²) >= 11 is 0. The fraction of sp³-hybridized carbons (Fsp3) is 0.421. The number of aromatic amines is 1. The summed E-state index contributed by atoms with van der Waals surface area (Å²) in [7, 11) is 1.74. The largest absolute Gasteiger partial charge is 0.373 e. The zero-order valence-electron chi connectivity index (χ0n) is 15.5. The highest BCUT2D eigenvalue weighted by Crippen LogP contribution is 2.24. The van der Waals surface area contributed by atoms with Crippen molar-refractivity contribution in [2.45, 2.75) is 31.9 Å². The number of aryl methyl sites for hydroxylation is 1. The molecule has 1 aromatic carbocycles. The molecule has 0 spiro atoms. The Kier molecular flexibility index (Phi) is 4.35. The van der Waals surface area contributed by atoms with Crippen molar-refractivity contribution in [1.29, 1.82) is 0 Å². The van der Waals surface area contributed by atoms with Gasteiger partial charge in [-0.1, -0.05) is 12.1 Å². The molecule has 3 aromatic rings.